The molecular formula is C14H22N2O4S. The van der Waals surface area contributed by atoms with Gasteiger partial charge in [0.15, 0.2) is 9.84 Å². The molecule has 0 aromatic heterocycles. The number of anilines is 1. The van der Waals surface area contributed by atoms with Crippen LogP contribution in [0.4, 0.5) is 11.4 Å². The first-order valence-electron chi connectivity index (χ1n) is 6.66. The summed E-state index contributed by atoms with van der Waals surface area (Å²) in [6.45, 7) is 8.82. The van der Waals surface area contributed by atoms with Gasteiger partial charge in [0, 0.05) is 12.8 Å². The molecule has 1 atom stereocenters. The first-order chi connectivity index (χ1) is 9.44. The van der Waals surface area contributed by atoms with Crippen LogP contribution in [0.1, 0.15) is 27.7 Å². The Morgan fingerprint density at radius 2 is 1.90 bits per heavy atom. The fraction of sp³-hybridized carbons (Fsp3) is 0.571. The quantitative estimate of drug-likeness (QED) is 0.666. The molecule has 6 nitrogen and oxygen atoms in total. The van der Waals surface area contributed by atoms with Crippen LogP contribution in [0.15, 0.2) is 23.1 Å². The average Bonchev–Trinajstić information content (AvgIpc) is 2.32. The topological polar surface area (TPSA) is 89.3 Å². The molecule has 7 heteroatoms. The van der Waals surface area contributed by atoms with Crippen molar-refractivity contribution < 1.29 is 13.3 Å². The maximum atomic E-state index is 11.7. The number of nitrogens with zero attached hydrogens (tertiary/aromatic N) is 1. The van der Waals surface area contributed by atoms with Gasteiger partial charge < -0.3 is 5.32 Å². The highest BCUT2D eigenvalue weighted by Crippen LogP contribution is 2.33. The molecule has 0 spiro atoms. The summed E-state index contributed by atoms with van der Waals surface area (Å²) in [4.78, 5) is 10.3. The zero-order valence-corrected chi connectivity index (χ0v) is 13.8. The number of hydrogen-bond donors (Lipinski definition) is 1. The molecule has 21 heavy (non-hydrogen) atoms. The van der Waals surface area contributed by atoms with Crippen molar-refractivity contribution in [2.24, 2.45) is 11.3 Å². The summed E-state index contributed by atoms with van der Waals surface area (Å²) in [5, 5.41) is 14.2. The summed E-state index contributed by atoms with van der Waals surface area (Å²) in [5.41, 5.74) is -0.101. The van der Waals surface area contributed by atoms with Gasteiger partial charge in [-0.15, -0.1) is 0 Å². The Morgan fingerprint density at radius 3 is 2.33 bits per heavy atom. The van der Waals surface area contributed by atoms with E-state index in [0.717, 1.165) is 6.26 Å². The van der Waals surface area contributed by atoms with E-state index < -0.39 is 14.8 Å². The van der Waals surface area contributed by atoms with Gasteiger partial charge in [-0.1, -0.05) is 33.8 Å². The average molecular weight is 314 g/mol. The molecule has 0 fully saturated rings. The van der Waals surface area contributed by atoms with E-state index in [1.807, 2.05) is 6.92 Å². The van der Waals surface area contributed by atoms with Gasteiger partial charge in [0.1, 0.15) is 10.6 Å². The second-order valence-electron chi connectivity index (χ2n) is 6.33. The maximum absolute atomic E-state index is 11.7. The monoisotopic (exact) mass is 314 g/mol. The third kappa shape index (κ3) is 4.42. The van der Waals surface area contributed by atoms with Crippen LogP contribution in [0, 0.1) is 21.4 Å². The Balaban J connectivity index is 3.17. The zero-order valence-electron chi connectivity index (χ0n) is 13.0. The first-order valence-corrected chi connectivity index (χ1v) is 8.55. The molecule has 1 aromatic carbocycles. The van der Waals surface area contributed by atoms with Crippen molar-refractivity contribution in [3.63, 3.8) is 0 Å². The van der Waals surface area contributed by atoms with Crippen LogP contribution in [0.25, 0.3) is 0 Å². The minimum atomic E-state index is -3.65. The molecule has 0 heterocycles. The van der Waals surface area contributed by atoms with Gasteiger partial charge in [-0.05, 0) is 23.5 Å². The molecule has 118 valence electrons. The molecule has 1 unspecified atom stereocenters. The minimum absolute atomic E-state index is 0.0518. The SMILES string of the molecule is CC(CNc1cccc(S(C)(=O)=O)c1[N+](=O)[O-])C(C)(C)C. The van der Waals surface area contributed by atoms with Crippen LogP contribution in [-0.2, 0) is 9.84 Å². The molecule has 1 aromatic rings. The number of nitro benzene ring substituents is 1. The van der Waals surface area contributed by atoms with Crippen LogP contribution < -0.4 is 5.32 Å². The number of hydrogen-bond acceptors (Lipinski definition) is 5. The lowest BCUT2D eigenvalue weighted by Gasteiger charge is -2.27. The van der Waals surface area contributed by atoms with Crippen LogP contribution >= 0.6 is 0 Å². The highest BCUT2D eigenvalue weighted by atomic mass is 32.2. The van der Waals surface area contributed by atoms with Crippen molar-refractivity contribution in [1.82, 2.24) is 0 Å². The van der Waals surface area contributed by atoms with E-state index in [0.29, 0.717) is 6.54 Å². The van der Waals surface area contributed by atoms with E-state index in [-0.39, 0.29) is 27.6 Å². The predicted molar refractivity (Wildman–Crippen MR) is 83.3 cm³/mol. The summed E-state index contributed by atoms with van der Waals surface area (Å²) >= 11 is 0. The lowest BCUT2D eigenvalue weighted by Crippen LogP contribution is -2.25. The first kappa shape index (κ1) is 17.4. The Morgan fingerprint density at radius 1 is 1.33 bits per heavy atom. The Kier molecular flexibility index (Phi) is 4.99. The summed E-state index contributed by atoms with van der Waals surface area (Å²) < 4.78 is 23.4. The largest absolute Gasteiger partial charge is 0.379 e. The predicted octanol–water partition coefficient (Wildman–Crippen LogP) is 3.09. The molecule has 0 saturated carbocycles. The lowest BCUT2D eigenvalue weighted by molar-refractivity contribution is -0.386. The van der Waals surface area contributed by atoms with E-state index in [1.54, 1.807) is 0 Å². The van der Waals surface area contributed by atoms with E-state index in [1.165, 1.54) is 18.2 Å². The minimum Gasteiger partial charge on any atom is -0.379 e. The van der Waals surface area contributed by atoms with E-state index in [2.05, 4.69) is 26.1 Å². The Labute approximate surface area is 125 Å². The van der Waals surface area contributed by atoms with Gasteiger partial charge in [0.05, 0.1) is 4.92 Å². The summed E-state index contributed by atoms with van der Waals surface area (Å²) in [6.07, 6.45) is 0.969. The molecule has 0 radical (unpaired) electrons. The van der Waals surface area contributed by atoms with Crippen LogP contribution in [0.2, 0.25) is 0 Å². The van der Waals surface area contributed by atoms with Crippen molar-refractivity contribution in [2.75, 3.05) is 18.1 Å². The number of sulfone groups is 1. The van der Waals surface area contributed by atoms with Crippen molar-refractivity contribution in [1.29, 1.82) is 0 Å². The molecule has 0 amide bonds. The Hall–Kier alpha value is -1.63. The van der Waals surface area contributed by atoms with E-state index in [9.17, 15) is 18.5 Å². The van der Waals surface area contributed by atoms with Gasteiger partial charge in [-0.3, -0.25) is 10.1 Å². The van der Waals surface area contributed by atoms with Crippen LogP contribution in [0.5, 0.6) is 0 Å². The second-order valence-corrected chi connectivity index (χ2v) is 8.31. The molecule has 0 bridgehead atoms. The van der Waals surface area contributed by atoms with Crippen LogP contribution in [0.3, 0.4) is 0 Å². The standard InChI is InChI=1S/C14H22N2O4S/c1-10(14(2,3)4)9-15-11-7-6-8-12(21(5,19)20)13(11)16(17)18/h6-8,10,15H,9H2,1-5H3. The number of benzene rings is 1. The van der Waals surface area contributed by atoms with Crippen molar-refractivity contribution in [2.45, 2.75) is 32.6 Å². The number of nitrogens with one attached hydrogen (secondary N) is 1. The van der Waals surface area contributed by atoms with Crippen molar-refractivity contribution >= 4 is 21.2 Å². The molecular weight excluding hydrogens is 292 g/mol. The normalized spacial score (nSPS) is 13.8. The van der Waals surface area contributed by atoms with E-state index >= 15 is 0 Å². The second kappa shape index (κ2) is 6.01. The van der Waals surface area contributed by atoms with Gasteiger partial charge in [0.2, 0.25) is 0 Å². The number of nitro groups is 1. The molecule has 0 saturated heterocycles. The number of para-hydroxylation sites is 1. The molecule has 1 N–H and O–H groups in total. The highest BCUT2D eigenvalue weighted by molar-refractivity contribution is 7.90. The molecule has 0 aliphatic rings. The maximum Gasteiger partial charge on any atom is 0.310 e. The van der Waals surface area contributed by atoms with E-state index in [4.69, 9.17) is 0 Å². The van der Waals surface area contributed by atoms with Gasteiger partial charge in [-0.2, -0.15) is 0 Å². The smallest absolute Gasteiger partial charge is 0.310 e. The molecule has 1 rings (SSSR count). The molecule has 0 aliphatic carbocycles. The lowest BCUT2D eigenvalue weighted by atomic mass is 9.82. The fourth-order valence-corrected chi connectivity index (χ4v) is 2.58. The third-order valence-electron chi connectivity index (χ3n) is 3.66. The Bertz CT molecular complexity index is 633. The highest BCUT2D eigenvalue weighted by Gasteiger charge is 2.27. The van der Waals surface area contributed by atoms with Gasteiger partial charge >= 0.3 is 5.69 Å². The van der Waals surface area contributed by atoms with Gasteiger partial charge in [-0.25, -0.2) is 8.42 Å². The van der Waals surface area contributed by atoms with Crippen molar-refractivity contribution in [3.05, 3.63) is 28.3 Å². The fourth-order valence-electron chi connectivity index (χ4n) is 1.72. The summed E-state index contributed by atoms with van der Waals surface area (Å²) in [7, 11) is -3.65. The third-order valence-corrected chi connectivity index (χ3v) is 4.79. The molecule has 0 aliphatic heterocycles. The van der Waals surface area contributed by atoms with Gasteiger partial charge in [0.25, 0.3) is 0 Å². The van der Waals surface area contributed by atoms with Crippen LogP contribution in [-0.4, -0.2) is 26.1 Å². The zero-order chi connectivity index (χ0) is 16.4. The number of rotatable bonds is 5. The van der Waals surface area contributed by atoms with Crippen molar-refractivity contribution in [3.8, 4) is 0 Å². The summed E-state index contributed by atoms with van der Waals surface area (Å²) in [5.74, 6) is 0.263. The summed E-state index contributed by atoms with van der Waals surface area (Å²) in [6, 6.07) is 4.29.